The summed E-state index contributed by atoms with van der Waals surface area (Å²) < 4.78 is 5.28. The number of thioether (sulfide) groups is 1. The summed E-state index contributed by atoms with van der Waals surface area (Å²) in [4.78, 5) is 16.6. The molecule has 4 nitrogen and oxygen atoms in total. The van der Waals surface area contributed by atoms with E-state index < -0.39 is 5.97 Å². The first-order chi connectivity index (χ1) is 9.20. The molecule has 1 aliphatic heterocycles. The SMILES string of the molecule is CSc1ccc(C(=CC2CCOCC2)C(=O)O)nc1. The van der Waals surface area contributed by atoms with Crippen LogP contribution in [-0.4, -0.2) is 35.5 Å². The topological polar surface area (TPSA) is 59.4 Å². The van der Waals surface area contributed by atoms with Gasteiger partial charge in [-0.15, -0.1) is 11.8 Å². The molecule has 0 amide bonds. The fourth-order valence-corrected chi connectivity index (χ4v) is 2.41. The summed E-state index contributed by atoms with van der Waals surface area (Å²) in [7, 11) is 0. The molecule has 1 aliphatic rings. The maximum absolute atomic E-state index is 11.4. The molecule has 102 valence electrons. The molecule has 1 aromatic heterocycles. The Kier molecular flexibility index (Phi) is 4.99. The van der Waals surface area contributed by atoms with Gasteiger partial charge in [0.1, 0.15) is 0 Å². The number of aromatic nitrogens is 1. The van der Waals surface area contributed by atoms with Gasteiger partial charge in [0.2, 0.25) is 0 Å². The number of carboxylic acids is 1. The van der Waals surface area contributed by atoms with Crippen LogP contribution in [0.25, 0.3) is 5.57 Å². The predicted molar refractivity (Wildman–Crippen MR) is 75.2 cm³/mol. The lowest BCUT2D eigenvalue weighted by atomic mass is 9.96. The number of pyridine rings is 1. The van der Waals surface area contributed by atoms with E-state index in [9.17, 15) is 9.90 Å². The van der Waals surface area contributed by atoms with Gasteiger partial charge in [-0.25, -0.2) is 4.79 Å². The average molecular weight is 279 g/mol. The molecule has 0 atom stereocenters. The van der Waals surface area contributed by atoms with Gasteiger partial charge in [-0.2, -0.15) is 0 Å². The van der Waals surface area contributed by atoms with Gasteiger partial charge in [0.25, 0.3) is 0 Å². The number of ether oxygens (including phenoxy) is 1. The van der Waals surface area contributed by atoms with E-state index in [0.29, 0.717) is 24.5 Å². The fraction of sp³-hybridized carbons (Fsp3) is 0.429. The third-order valence-electron chi connectivity index (χ3n) is 3.15. The van der Waals surface area contributed by atoms with Crippen molar-refractivity contribution < 1.29 is 14.6 Å². The molecule has 1 N–H and O–H groups in total. The summed E-state index contributed by atoms with van der Waals surface area (Å²) in [5, 5.41) is 9.34. The van der Waals surface area contributed by atoms with Gasteiger partial charge >= 0.3 is 5.97 Å². The Morgan fingerprint density at radius 2 is 2.21 bits per heavy atom. The zero-order valence-corrected chi connectivity index (χ0v) is 11.7. The molecular weight excluding hydrogens is 262 g/mol. The highest BCUT2D eigenvalue weighted by Crippen LogP contribution is 2.23. The predicted octanol–water partition coefficient (Wildman–Crippen LogP) is 2.70. The highest BCUT2D eigenvalue weighted by Gasteiger charge is 2.17. The van der Waals surface area contributed by atoms with E-state index in [-0.39, 0.29) is 5.92 Å². The van der Waals surface area contributed by atoms with Gasteiger partial charge in [-0.1, -0.05) is 6.08 Å². The number of rotatable bonds is 4. The first kappa shape index (κ1) is 14.1. The number of nitrogens with zero attached hydrogens (tertiary/aromatic N) is 1. The van der Waals surface area contributed by atoms with Crippen molar-refractivity contribution in [2.45, 2.75) is 17.7 Å². The van der Waals surface area contributed by atoms with Crippen molar-refractivity contribution in [3.8, 4) is 0 Å². The number of aliphatic carboxylic acids is 1. The van der Waals surface area contributed by atoms with Crippen LogP contribution in [-0.2, 0) is 9.53 Å². The summed E-state index contributed by atoms with van der Waals surface area (Å²) in [6.45, 7) is 1.40. The summed E-state index contributed by atoms with van der Waals surface area (Å²) in [5.41, 5.74) is 0.816. The van der Waals surface area contributed by atoms with Gasteiger partial charge in [0, 0.05) is 24.3 Å². The minimum absolute atomic E-state index is 0.266. The minimum Gasteiger partial charge on any atom is -0.478 e. The second kappa shape index (κ2) is 6.73. The second-order valence-corrected chi connectivity index (χ2v) is 5.30. The van der Waals surface area contributed by atoms with Crippen LogP contribution in [0.3, 0.4) is 0 Å². The van der Waals surface area contributed by atoms with Crippen molar-refractivity contribution in [1.29, 1.82) is 0 Å². The Morgan fingerprint density at radius 3 is 2.74 bits per heavy atom. The number of allylic oxidation sites excluding steroid dienone is 1. The molecule has 1 saturated heterocycles. The van der Waals surface area contributed by atoms with Crippen LogP contribution in [0.2, 0.25) is 0 Å². The van der Waals surface area contributed by atoms with Crippen molar-refractivity contribution in [1.82, 2.24) is 4.98 Å². The Balaban J connectivity index is 2.22. The van der Waals surface area contributed by atoms with Gasteiger partial charge in [-0.05, 0) is 37.1 Å². The first-order valence-corrected chi connectivity index (χ1v) is 7.46. The molecule has 5 heteroatoms. The zero-order chi connectivity index (χ0) is 13.7. The van der Waals surface area contributed by atoms with Crippen LogP contribution < -0.4 is 0 Å². The molecule has 0 radical (unpaired) electrons. The van der Waals surface area contributed by atoms with Gasteiger partial charge in [0.15, 0.2) is 0 Å². The van der Waals surface area contributed by atoms with E-state index in [4.69, 9.17) is 4.74 Å². The minimum atomic E-state index is -0.920. The molecule has 0 unspecified atom stereocenters. The highest BCUT2D eigenvalue weighted by molar-refractivity contribution is 7.98. The quantitative estimate of drug-likeness (QED) is 0.678. The van der Waals surface area contributed by atoms with Crippen LogP contribution in [0.4, 0.5) is 0 Å². The smallest absolute Gasteiger partial charge is 0.337 e. The van der Waals surface area contributed by atoms with Crippen LogP contribution in [0.5, 0.6) is 0 Å². The van der Waals surface area contributed by atoms with E-state index in [1.165, 1.54) is 0 Å². The number of carbonyl (C=O) groups is 1. The third kappa shape index (κ3) is 3.81. The average Bonchev–Trinajstić information content (AvgIpc) is 2.46. The molecule has 0 bridgehead atoms. The summed E-state index contributed by atoms with van der Waals surface area (Å²) in [6.07, 6.45) is 7.25. The maximum Gasteiger partial charge on any atom is 0.337 e. The van der Waals surface area contributed by atoms with Crippen LogP contribution in [0.15, 0.2) is 29.3 Å². The lowest BCUT2D eigenvalue weighted by molar-refractivity contribution is -0.130. The summed E-state index contributed by atoms with van der Waals surface area (Å²) in [5.74, 6) is -0.655. The highest BCUT2D eigenvalue weighted by atomic mass is 32.2. The van der Waals surface area contributed by atoms with E-state index in [2.05, 4.69) is 4.98 Å². The zero-order valence-electron chi connectivity index (χ0n) is 10.8. The molecule has 0 aliphatic carbocycles. The van der Waals surface area contributed by atoms with E-state index in [1.807, 2.05) is 18.4 Å². The standard InChI is InChI=1S/C14H17NO3S/c1-19-11-2-3-13(15-9-11)12(14(16)17)8-10-4-6-18-7-5-10/h2-3,8-10H,4-7H2,1H3,(H,16,17). The summed E-state index contributed by atoms with van der Waals surface area (Å²) >= 11 is 1.59. The third-order valence-corrected chi connectivity index (χ3v) is 3.86. The fourth-order valence-electron chi connectivity index (χ4n) is 2.04. The second-order valence-electron chi connectivity index (χ2n) is 4.42. The Bertz CT molecular complexity index is 464. The largest absolute Gasteiger partial charge is 0.478 e. The Labute approximate surface area is 116 Å². The monoisotopic (exact) mass is 279 g/mol. The van der Waals surface area contributed by atoms with Crippen LogP contribution in [0.1, 0.15) is 18.5 Å². The number of hydrogen-bond donors (Lipinski definition) is 1. The van der Waals surface area contributed by atoms with Crippen molar-refractivity contribution in [3.05, 3.63) is 30.1 Å². The number of carboxylic acid groups (broad SMARTS) is 1. The Morgan fingerprint density at radius 1 is 1.47 bits per heavy atom. The number of hydrogen-bond acceptors (Lipinski definition) is 4. The molecule has 0 aromatic carbocycles. The Hall–Kier alpha value is -1.33. The van der Waals surface area contributed by atoms with E-state index >= 15 is 0 Å². The van der Waals surface area contributed by atoms with E-state index in [0.717, 1.165) is 17.7 Å². The molecule has 0 saturated carbocycles. The first-order valence-electron chi connectivity index (χ1n) is 6.24. The van der Waals surface area contributed by atoms with Crippen LogP contribution in [0, 0.1) is 5.92 Å². The van der Waals surface area contributed by atoms with E-state index in [1.54, 1.807) is 24.0 Å². The van der Waals surface area contributed by atoms with Crippen molar-refractivity contribution in [2.75, 3.05) is 19.5 Å². The maximum atomic E-state index is 11.4. The normalized spacial score (nSPS) is 17.4. The molecule has 1 fully saturated rings. The molecule has 1 aromatic rings. The lowest BCUT2D eigenvalue weighted by Crippen LogP contribution is -2.15. The summed E-state index contributed by atoms with van der Waals surface area (Å²) in [6, 6.07) is 3.67. The molecule has 0 spiro atoms. The van der Waals surface area contributed by atoms with Crippen molar-refractivity contribution in [2.24, 2.45) is 5.92 Å². The molecule has 2 heterocycles. The lowest BCUT2D eigenvalue weighted by Gasteiger charge is -2.19. The molecule has 2 rings (SSSR count). The van der Waals surface area contributed by atoms with Gasteiger partial charge in [0.05, 0.1) is 11.3 Å². The van der Waals surface area contributed by atoms with Crippen molar-refractivity contribution >= 4 is 23.3 Å². The molecular formula is C14H17NO3S. The van der Waals surface area contributed by atoms with Crippen molar-refractivity contribution in [3.63, 3.8) is 0 Å². The van der Waals surface area contributed by atoms with Gasteiger partial charge in [-0.3, -0.25) is 4.98 Å². The van der Waals surface area contributed by atoms with Crippen LogP contribution >= 0.6 is 11.8 Å². The van der Waals surface area contributed by atoms with Gasteiger partial charge < -0.3 is 9.84 Å². The molecule has 19 heavy (non-hydrogen) atoms.